The zero-order valence-electron chi connectivity index (χ0n) is 13.3. The van der Waals surface area contributed by atoms with Gasteiger partial charge in [0.2, 0.25) is 0 Å². The molecule has 2 aliphatic heterocycles. The van der Waals surface area contributed by atoms with Crippen molar-refractivity contribution in [3.8, 4) is 0 Å². The van der Waals surface area contributed by atoms with Crippen LogP contribution in [0.5, 0.6) is 0 Å². The smallest absolute Gasteiger partial charge is 0.157 e. The van der Waals surface area contributed by atoms with E-state index in [1.807, 2.05) is 0 Å². The number of nitrogen functional groups attached to an aromatic ring is 1. The van der Waals surface area contributed by atoms with Crippen LogP contribution in [0.1, 0.15) is 46.0 Å². The van der Waals surface area contributed by atoms with Gasteiger partial charge in [0.15, 0.2) is 11.6 Å². The summed E-state index contributed by atoms with van der Waals surface area (Å²) in [6, 6.07) is 0.519. The highest BCUT2D eigenvalue weighted by atomic mass is 15.3. The zero-order valence-corrected chi connectivity index (χ0v) is 13.3. The molecule has 2 saturated heterocycles. The number of nitrogens with zero attached hydrogens (tertiary/aromatic N) is 4. The van der Waals surface area contributed by atoms with Gasteiger partial charge in [-0.3, -0.25) is 0 Å². The Bertz CT molecular complexity index is 482. The Morgan fingerprint density at radius 1 is 1.00 bits per heavy atom. The Morgan fingerprint density at radius 3 is 2.43 bits per heavy atom. The molecule has 1 atom stereocenters. The predicted molar refractivity (Wildman–Crippen MR) is 87.7 cm³/mol. The second-order valence-electron chi connectivity index (χ2n) is 6.64. The van der Waals surface area contributed by atoms with E-state index in [1.54, 1.807) is 6.33 Å². The van der Waals surface area contributed by atoms with Gasteiger partial charge < -0.3 is 15.5 Å². The molecule has 1 aromatic heterocycles. The zero-order chi connectivity index (χ0) is 14.8. The average molecular weight is 289 g/mol. The van der Waals surface area contributed by atoms with Crippen LogP contribution in [0.2, 0.25) is 0 Å². The third-order valence-corrected chi connectivity index (χ3v) is 5.00. The van der Waals surface area contributed by atoms with Gasteiger partial charge >= 0.3 is 0 Å². The monoisotopic (exact) mass is 289 g/mol. The molecule has 0 aromatic carbocycles. The first kappa shape index (κ1) is 14.4. The van der Waals surface area contributed by atoms with Crippen LogP contribution in [-0.4, -0.2) is 35.6 Å². The lowest BCUT2D eigenvalue weighted by molar-refractivity contribution is 0.436. The topological polar surface area (TPSA) is 58.3 Å². The Balaban J connectivity index is 1.84. The van der Waals surface area contributed by atoms with Gasteiger partial charge in [0, 0.05) is 25.7 Å². The number of nitrogens with two attached hydrogens (primary N) is 1. The van der Waals surface area contributed by atoms with Crippen LogP contribution in [0.15, 0.2) is 6.33 Å². The van der Waals surface area contributed by atoms with Crippen molar-refractivity contribution in [3.63, 3.8) is 0 Å². The van der Waals surface area contributed by atoms with E-state index in [1.165, 1.54) is 32.1 Å². The molecule has 0 amide bonds. The van der Waals surface area contributed by atoms with Gasteiger partial charge in [-0.25, -0.2) is 9.97 Å². The first-order valence-corrected chi connectivity index (χ1v) is 8.29. The molecular formula is C16H27N5. The molecule has 1 unspecified atom stereocenters. The molecule has 116 valence electrons. The van der Waals surface area contributed by atoms with E-state index in [4.69, 9.17) is 5.73 Å². The second kappa shape index (κ2) is 6.08. The average Bonchev–Trinajstić information content (AvgIpc) is 2.50. The molecule has 1 aromatic rings. The van der Waals surface area contributed by atoms with Gasteiger partial charge in [-0.2, -0.15) is 0 Å². The highest BCUT2D eigenvalue weighted by molar-refractivity contribution is 5.76. The molecular weight excluding hydrogens is 262 g/mol. The molecule has 0 saturated carbocycles. The third kappa shape index (κ3) is 2.92. The van der Waals surface area contributed by atoms with Crippen LogP contribution < -0.4 is 15.5 Å². The minimum atomic E-state index is 0.519. The number of anilines is 3. The van der Waals surface area contributed by atoms with Crippen molar-refractivity contribution in [2.45, 2.75) is 52.0 Å². The normalized spacial score (nSPS) is 24.4. The van der Waals surface area contributed by atoms with E-state index in [2.05, 4.69) is 33.6 Å². The van der Waals surface area contributed by atoms with Crippen molar-refractivity contribution in [1.82, 2.24) is 9.97 Å². The van der Waals surface area contributed by atoms with Gasteiger partial charge in [0.1, 0.15) is 12.0 Å². The minimum absolute atomic E-state index is 0.519. The molecule has 0 radical (unpaired) electrons. The molecule has 3 rings (SSSR count). The van der Waals surface area contributed by atoms with Crippen LogP contribution in [0.3, 0.4) is 0 Å². The lowest BCUT2D eigenvalue weighted by atomic mass is 9.99. The standard InChI is InChI=1S/C16H27N5/c1-12-6-9-20(10-7-12)15-14(17)16(19-11-18-15)21-8-4-3-5-13(21)2/h11-13H,3-10,17H2,1-2H3. The highest BCUT2D eigenvalue weighted by Gasteiger charge is 2.25. The maximum Gasteiger partial charge on any atom is 0.157 e. The van der Waals surface area contributed by atoms with Crippen molar-refractivity contribution in [2.75, 3.05) is 35.2 Å². The summed E-state index contributed by atoms with van der Waals surface area (Å²) >= 11 is 0. The van der Waals surface area contributed by atoms with E-state index in [0.717, 1.165) is 42.9 Å². The van der Waals surface area contributed by atoms with E-state index in [0.29, 0.717) is 6.04 Å². The molecule has 0 spiro atoms. The molecule has 3 heterocycles. The lowest BCUT2D eigenvalue weighted by Crippen LogP contribution is -2.39. The minimum Gasteiger partial charge on any atom is -0.393 e. The summed E-state index contributed by atoms with van der Waals surface area (Å²) in [6.45, 7) is 7.75. The maximum atomic E-state index is 6.43. The van der Waals surface area contributed by atoms with E-state index < -0.39 is 0 Å². The van der Waals surface area contributed by atoms with Gasteiger partial charge in [0.25, 0.3) is 0 Å². The molecule has 5 nitrogen and oxygen atoms in total. The van der Waals surface area contributed by atoms with Crippen molar-refractivity contribution in [2.24, 2.45) is 5.92 Å². The van der Waals surface area contributed by atoms with Crippen molar-refractivity contribution >= 4 is 17.3 Å². The number of hydrogen-bond acceptors (Lipinski definition) is 5. The maximum absolute atomic E-state index is 6.43. The fourth-order valence-corrected chi connectivity index (χ4v) is 3.49. The lowest BCUT2D eigenvalue weighted by Gasteiger charge is -2.37. The molecule has 0 aliphatic carbocycles. The summed E-state index contributed by atoms with van der Waals surface area (Å²) in [4.78, 5) is 13.6. The molecule has 5 heteroatoms. The Labute approximate surface area is 127 Å². The van der Waals surface area contributed by atoms with Crippen molar-refractivity contribution < 1.29 is 0 Å². The van der Waals surface area contributed by atoms with Gasteiger partial charge in [-0.05, 0) is 44.9 Å². The number of hydrogen-bond donors (Lipinski definition) is 1. The van der Waals surface area contributed by atoms with E-state index >= 15 is 0 Å². The fraction of sp³-hybridized carbons (Fsp3) is 0.750. The molecule has 0 bridgehead atoms. The summed E-state index contributed by atoms with van der Waals surface area (Å²) in [7, 11) is 0. The van der Waals surface area contributed by atoms with Crippen LogP contribution >= 0.6 is 0 Å². The Kier molecular flexibility index (Phi) is 4.17. The summed E-state index contributed by atoms with van der Waals surface area (Å²) in [6.07, 6.45) is 7.88. The van der Waals surface area contributed by atoms with Crippen molar-refractivity contribution in [1.29, 1.82) is 0 Å². The van der Waals surface area contributed by atoms with Crippen LogP contribution in [-0.2, 0) is 0 Å². The van der Waals surface area contributed by atoms with Crippen molar-refractivity contribution in [3.05, 3.63) is 6.33 Å². The predicted octanol–water partition coefficient (Wildman–Crippen LogP) is 2.67. The molecule has 2 N–H and O–H groups in total. The molecule has 2 aliphatic rings. The van der Waals surface area contributed by atoms with Gasteiger partial charge in [-0.1, -0.05) is 6.92 Å². The van der Waals surface area contributed by atoms with E-state index in [9.17, 15) is 0 Å². The summed E-state index contributed by atoms with van der Waals surface area (Å²) in [5, 5.41) is 0. The molecule has 21 heavy (non-hydrogen) atoms. The van der Waals surface area contributed by atoms with Crippen LogP contribution in [0.25, 0.3) is 0 Å². The van der Waals surface area contributed by atoms with Gasteiger partial charge in [-0.15, -0.1) is 0 Å². The summed E-state index contributed by atoms with van der Waals surface area (Å²) in [5.41, 5.74) is 7.20. The first-order valence-electron chi connectivity index (χ1n) is 8.29. The second-order valence-corrected chi connectivity index (χ2v) is 6.64. The number of rotatable bonds is 2. The van der Waals surface area contributed by atoms with Crippen LogP contribution in [0.4, 0.5) is 17.3 Å². The number of piperidine rings is 2. The Morgan fingerprint density at radius 2 is 1.71 bits per heavy atom. The largest absolute Gasteiger partial charge is 0.393 e. The van der Waals surface area contributed by atoms with Gasteiger partial charge in [0.05, 0.1) is 0 Å². The third-order valence-electron chi connectivity index (χ3n) is 5.00. The SMILES string of the molecule is CC1CCN(c2ncnc(N3CCCCC3C)c2N)CC1. The highest BCUT2D eigenvalue weighted by Crippen LogP contribution is 2.34. The van der Waals surface area contributed by atoms with Crippen LogP contribution in [0, 0.1) is 5.92 Å². The summed E-state index contributed by atoms with van der Waals surface area (Å²) < 4.78 is 0. The van der Waals surface area contributed by atoms with E-state index in [-0.39, 0.29) is 0 Å². The molecule has 2 fully saturated rings. The number of aromatic nitrogens is 2. The Hall–Kier alpha value is -1.52. The quantitative estimate of drug-likeness (QED) is 0.907. The fourth-order valence-electron chi connectivity index (χ4n) is 3.49. The summed E-state index contributed by atoms with van der Waals surface area (Å²) in [5.74, 6) is 2.68. The first-order chi connectivity index (χ1) is 10.2.